The number of aryl methyl sites for hydroxylation is 1. The van der Waals surface area contributed by atoms with Gasteiger partial charge in [0, 0.05) is 28.9 Å². The van der Waals surface area contributed by atoms with Crippen LogP contribution in [0, 0.1) is 12.8 Å². The van der Waals surface area contributed by atoms with E-state index in [9.17, 15) is 9.59 Å². The molecule has 2 aliphatic rings. The molecule has 2 aliphatic heterocycles. The molecule has 0 saturated carbocycles. The second-order valence-electron chi connectivity index (χ2n) is 5.36. The number of aliphatic imine (C=N–C) groups is 1. The molecule has 0 aliphatic carbocycles. The molecule has 5 nitrogen and oxygen atoms in total. The van der Waals surface area contributed by atoms with Crippen molar-refractivity contribution in [3.8, 4) is 0 Å². The van der Waals surface area contributed by atoms with E-state index in [0.29, 0.717) is 11.7 Å². The summed E-state index contributed by atoms with van der Waals surface area (Å²) in [6.07, 6.45) is 0.249. The zero-order valence-electron chi connectivity index (χ0n) is 12.1. The number of hydrogen-bond acceptors (Lipinski definition) is 4. The van der Waals surface area contributed by atoms with Crippen molar-refractivity contribution in [3.05, 3.63) is 28.2 Å². The Morgan fingerprint density at radius 3 is 3.00 bits per heavy atom. The van der Waals surface area contributed by atoms with Crippen LogP contribution in [0.5, 0.6) is 0 Å². The Morgan fingerprint density at radius 1 is 1.50 bits per heavy atom. The van der Waals surface area contributed by atoms with Crippen LogP contribution in [0.3, 0.4) is 0 Å². The Morgan fingerprint density at radius 2 is 2.32 bits per heavy atom. The lowest BCUT2D eigenvalue weighted by molar-refractivity contribution is -0.125. The first kappa shape index (κ1) is 15.6. The van der Waals surface area contributed by atoms with E-state index in [-0.39, 0.29) is 24.2 Å². The molecule has 0 aromatic heterocycles. The Hall–Kier alpha value is -1.34. The van der Waals surface area contributed by atoms with Crippen molar-refractivity contribution in [2.45, 2.75) is 13.3 Å². The number of carbonyl (C=O) groups excluding carboxylic acids is 2. The van der Waals surface area contributed by atoms with E-state index in [1.807, 2.05) is 25.1 Å². The lowest BCUT2D eigenvalue weighted by Crippen LogP contribution is -2.35. The average Bonchev–Trinajstić information content (AvgIpc) is 3.11. The Kier molecular flexibility index (Phi) is 4.54. The molecule has 1 N–H and O–H groups in total. The molecule has 1 aromatic carbocycles. The minimum atomic E-state index is -0.319. The third-order valence-corrected chi connectivity index (χ3v) is 5.55. The number of amides is 2. The van der Waals surface area contributed by atoms with Gasteiger partial charge >= 0.3 is 0 Å². The molecule has 3 rings (SSSR count). The number of hydrogen-bond donors (Lipinski definition) is 1. The molecular weight excluding hydrogens is 366 g/mol. The Bertz CT molecular complexity index is 662. The molecule has 0 bridgehead atoms. The van der Waals surface area contributed by atoms with Gasteiger partial charge in [-0.1, -0.05) is 27.7 Å². The molecule has 22 heavy (non-hydrogen) atoms. The van der Waals surface area contributed by atoms with Crippen molar-refractivity contribution in [2.75, 3.05) is 23.7 Å². The first-order valence-corrected chi connectivity index (χ1v) is 8.87. The number of carbonyl (C=O) groups is 2. The summed E-state index contributed by atoms with van der Waals surface area (Å²) in [6.45, 7) is 3.14. The highest BCUT2D eigenvalue weighted by atomic mass is 79.9. The number of rotatable bonds is 2. The predicted octanol–water partition coefficient (Wildman–Crippen LogP) is 2.33. The fraction of sp³-hybridized carbons (Fsp3) is 0.400. The fourth-order valence-electron chi connectivity index (χ4n) is 2.55. The highest BCUT2D eigenvalue weighted by molar-refractivity contribution is 9.10. The monoisotopic (exact) mass is 381 g/mol. The van der Waals surface area contributed by atoms with Gasteiger partial charge in [0.15, 0.2) is 5.17 Å². The van der Waals surface area contributed by atoms with Crippen LogP contribution >= 0.6 is 27.7 Å². The number of amidine groups is 1. The molecule has 2 heterocycles. The average molecular weight is 382 g/mol. The van der Waals surface area contributed by atoms with Gasteiger partial charge in [0.25, 0.3) is 0 Å². The van der Waals surface area contributed by atoms with E-state index in [2.05, 4.69) is 26.2 Å². The quantitative estimate of drug-likeness (QED) is 0.854. The second-order valence-corrected chi connectivity index (χ2v) is 7.30. The first-order chi connectivity index (χ1) is 10.5. The summed E-state index contributed by atoms with van der Waals surface area (Å²) in [4.78, 5) is 30.4. The van der Waals surface area contributed by atoms with E-state index in [1.165, 1.54) is 0 Å². The number of halogens is 1. The SMILES string of the molecule is Cc1cc(N2CC(C(=O)NC3=NCCS3)CC2=O)ccc1Br. The zero-order chi connectivity index (χ0) is 15.7. The predicted molar refractivity (Wildman–Crippen MR) is 92.2 cm³/mol. The maximum Gasteiger partial charge on any atom is 0.231 e. The molecule has 0 radical (unpaired) electrons. The molecule has 1 atom stereocenters. The van der Waals surface area contributed by atoms with Gasteiger partial charge in [-0.15, -0.1) is 0 Å². The molecule has 1 fully saturated rings. The lowest BCUT2D eigenvalue weighted by Gasteiger charge is -2.17. The maximum absolute atomic E-state index is 12.3. The summed E-state index contributed by atoms with van der Waals surface area (Å²) in [5, 5.41) is 3.50. The number of benzene rings is 1. The van der Waals surface area contributed by atoms with E-state index in [4.69, 9.17) is 0 Å². The number of thioether (sulfide) groups is 1. The molecule has 1 saturated heterocycles. The molecule has 7 heteroatoms. The number of anilines is 1. The van der Waals surface area contributed by atoms with E-state index in [0.717, 1.165) is 28.0 Å². The van der Waals surface area contributed by atoms with Crippen molar-refractivity contribution in [2.24, 2.45) is 10.9 Å². The zero-order valence-corrected chi connectivity index (χ0v) is 14.5. The van der Waals surface area contributed by atoms with Gasteiger partial charge in [-0.25, -0.2) is 0 Å². The summed E-state index contributed by atoms with van der Waals surface area (Å²) >= 11 is 5.00. The summed E-state index contributed by atoms with van der Waals surface area (Å²) in [7, 11) is 0. The summed E-state index contributed by atoms with van der Waals surface area (Å²) in [5.74, 6) is 0.463. The van der Waals surface area contributed by atoms with Gasteiger partial charge in [-0.3, -0.25) is 14.6 Å². The van der Waals surface area contributed by atoms with E-state index < -0.39 is 0 Å². The molecule has 0 spiro atoms. The third kappa shape index (κ3) is 3.20. The summed E-state index contributed by atoms with van der Waals surface area (Å²) in [6, 6.07) is 5.78. The summed E-state index contributed by atoms with van der Waals surface area (Å²) in [5.41, 5.74) is 1.91. The normalized spacial score (nSPS) is 21.2. The fourth-order valence-corrected chi connectivity index (χ4v) is 3.53. The van der Waals surface area contributed by atoms with Gasteiger partial charge in [0.05, 0.1) is 12.5 Å². The van der Waals surface area contributed by atoms with Crippen LogP contribution in [-0.2, 0) is 9.59 Å². The van der Waals surface area contributed by atoms with Crippen LogP contribution < -0.4 is 10.2 Å². The summed E-state index contributed by atoms with van der Waals surface area (Å²) < 4.78 is 1.01. The number of nitrogens with zero attached hydrogens (tertiary/aromatic N) is 2. The van der Waals surface area contributed by atoms with E-state index in [1.54, 1.807) is 16.7 Å². The van der Waals surface area contributed by atoms with Crippen LogP contribution in [0.15, 0.2) is 27.7 Å². The first-order valence-electron chi connectivity index (χ1n) is 7.09. The smallest absolute Gasteiger partial charge is 0.231 e. The van der Waals surface area contributed by atoms with Gasteiger partial charge in [0.1, 0.15) is 0 Å². The third-order valence-electron chi connectivity index (χ3n) is 3.76. The van der Waals surface area contributed by atoms with E-state index >= 15 is 0 Å². The lowest BCUT2D eigenvalue weighted by atomic mass is 10.1. The Labute approximate surface area is 141 Å². The largest absolute Gasteiger partial charge is 0.312 e. The minimum absolute atomic E-state index is 0.0112. The van der Waals surface area contributed by atoms with Gasteiger partial charge in [-0.2, -0.15) is 0 Å². The standard InChI is InChI=1S/C15H16BrN3O2S/c1-9-6-11(2-3-12(9)16)19-8-10(7-13(19)20)14(21)18-15-17-4-5-22-15/h2-3,6,10H,4-5,7-8H2,1H3,(H,17,18,21). The number of nitrogens with one attached hydrogen (secondary N) is 1. The van der Waals surface area contributed by atoms with Crippen LogP contribution in [0.25, 0.3) is 0 Å². The molecule has 1 aromatic rings. The van der Waals surface area contributed by atoms with Crippen LogP contribution in [0.4, 0.5) is 5.69 Å². The molecular formula is C15H16BrN3O2S. The van der Waals surface area contributed by atoms with Crippen molar-refractivity contribution in [1.82, 2.24) is 5.32 Å². The van der Waals surface area contributed by atoms with Crippen molar-refractivity contribution in [1.29, 1.82) is 0 Å². The highest BCUT2D eigenvalue weighted by Crippen LogP contribution is 2.28. The molecule has 2 amide bonds. The van der Waals surface area contributed by atoms with Gasteiger partial charge in [-0.05, 0) is 30.7 Å². The van der Waals surface area contributed by atoms with Gasteiger partial charge in [0.2, 0.25) is 11.8 Å². The highest BCUT2D eigenvalue weighted by Gasteiger charge is 2.35. The topological polar surface area (TPSA) is 61.8 Å². The van der Waals surface area contributed by atoms with Crippen LogP contribution in [-0.4, -0.2) is 35.8 Å². The van der Waals surface area contributed by atoms with Crippen LogP contribution in [0.1, 0.15) is 12.0 Å². The van der Waals surface area contributed by atoms with Crippen molar-refractivity contribution < 1.29 is 9.59 Å². The van der Waals surface area contributed by atoms with Crippen molar-refractivity contribution in [3.63, 3.8) is 0 Å². The molecule has 116 valence electrons. The second kappa shape index (κ2) is 6.42. The van der Waals surface area contributed by atoms with Gasteiger partial charge < -0.3 is 10.2 Å². The van der Waals surface area contributed by atoms with Crippen LogP contribution in [0.2, 0.25) is 0 Å². The maximum atomic E-state index is 12.3. The molecule has 1 unspecified atom stereocenters. The van der Waals surface area contributed by atoms with Crippen molar-refractivity contribution >= 4 is 50.4 Å². The minimum Gasteiger partial charge on any atom is -0.312 e. The Balaban J connectivity index is 1.69.